The van der Waals surface area contributed by atoms with E-state index in [9.17, 15) is 8.42 Å². The number of aliphatic imine (C=N–C) groups is 1. The number of guanidine groups is 1. The van der Waals surface area contributed by atoms with Gasteiger partial charge in [-0.1, -0.05) is 24.3 Å². The summed E-state index contributed by atoms with van der Waals surface area (Å²) in [7, 11) is -3.05. The largest absolute Gasteiger partial charge is 0.370 e. The average molecular weight is 283 g/mol. The fraction of sp³-hybridized carbons (Fsp3) is 0.462. The van der Waals surface area contributed by atoms with Crippen LogP contribution in [0.25, 0.3) is 0 Å². The molecule has 0 atom stereocenters. The number of nitrogens with zero attached hydrogens (tertiary/aromatic N) is 1. The number of rotatable bonds is 5. The molecule has 3 N–H and O–H groups in total. The van der Waals surface area contributed by atoms with Gasteiger partial charge in [-0.15, -0.1) is 0 Å². The van der Waals surface area contributed by atoms with E-state index in [4.69, 9.17) is 5.73 Å². The van der Waals surface area contributed by atoms with Gasteiger partial charge in [0, 0.05) is 12.3 Å². The molecule has 1 aromatic rings. The maximum absolute atomic E-state index is 11.4. The topological polar surface area (TPSA) is 84.5 Å². The van der Waals surface area contributed by atoms with Crippen LogP contribution in [0, 0.1) is 0 Å². The number of sulfone groups is 1. The SMILES string of the molecule is CC(C)NC(N)=NCc1ccccc1CS(C)(=O)=O. The van der Waals surface area contributed by atoms with Crippen molar-refractivity contribution < 1.29 is 8.42 Å². The Morgan fingerprint density at radius 2 is 1.89 bits per heavy atom. The second-order valence-electron chi connectivity index (χ2n) is 4.84. The molecule has 0 bridgehead atoms. The third-order valence-electron chi connectivity index (χ3n) is 2.39. The number of hydrogen-bond acceptors (Lipinski definition) is 3. The average Bonchev–Trinajstić information content (AvgIpc) is 2.25. The lowest BCUT2D eigenvalue weighted by molar-refractivity contribution is 0.601. The predicted octanol–water partition coefficient (Wildman–Crippen LogP) is 1.04. The molecule has 0 spiro atoms. The van der Waals surface area contributed by atoms with Crippen LogP contribution in [0.1, 0.15) is 25.0 Å². The van der Waals surface area contributed by atoms with Crippen LogP contribution in [0.15, 0.2) is 29.3 Å². The second kappa shape index (κ2) is 6.56. The van der Waals surface area contributed by atoms with Crippen molar-refractivity contribution >= 4 is 15.8 Å². The van der Waals surface area contributed by atoms with Gasteiger partial charge in [0.1, 0.15) is 0 Å². The van der Waals surface area contributed by atoms with Crippen LogP contribution in [0.3, 0.4) is 0 Å². The van der Waals surface area contributed by atoms with Crippen molar-refractivity contribution in [1.29, 1.82) is 0 Å². The Hall–Kier alpha value is -1.56. The van der Waals surface area contributed by atoms with Crippen molar-refractivity contribution in [2.24, 2.45) is 10.7 Å². The standard InChI is InChI=1S/C13H21N3O2S/c1-10(2)16-13(14)15-8-11-6-4-5-7-12(11)9-19(3,17)18/h4-7,10H,8-9H2,1-3H3,(H3,14,15,16). The highest BCUT2D eigenvalue weighted by Crippen LogP contribution is 2.13. The van der Waals surface area contributed by atoms with E-state index in [0.29, 0.717) is 12.5 Å². The lowest BCUT2D eigenvalue weighted by Gasteiger charge is -2.10. The zero-order chi connectivity index (χ0) is 14.5. The van der Waals surface area contributed by atoms with Gasteiger partial charge < -0.3 is 11.1 Å². The lowest BCUT2D eigenvalue weighted by atomic mass is 10.1. The molecular weight excluding hydrogens is 262 g/mol. The summed E-state index contributed by atoms with van der Waals surface area (Å²) in [5.74, 6) is 0.389. The molecule has 6 heteroatoms. The Morgan fingerprint density at radius 3 is 2.42 bits per heavy atom. The summed E-state index contributed by atoms with van der Waals surface area (Å²) in [6.45, 7) is 4.32. The molecular formula is C13H21N3O2S. The van der Waals surface area contributed by atoms with Gasteiger partial charge in [-0.3, -0.25) is 0 Å². The monoisotopic (exact) mass is 283 g/mol. The first-order valence-electron chi connectivity index (χ1n) is 6.09. The molecule has 0 amide bonds. The van der Waals surface area contributed by atoms with Crippen LogP contribution in [0.2, 0.25) is 0 Å². The fourth-order valence-corrected chi connectivity index (χ4v) is 2.49. The van der Waals surface area contributed by atoms with Gasteiger partial charge >= 0.3 is 0 Å². The molecule has 0 aliphatic heterocycles. The predicted molar refractivity (Wildman–Crippen MR) is 78.6 cm³/mol. The van der Waals surface area contributed by atoms with E-state index >= 15 is 0 Å². The summed E-state index contributed by atoms with van der Waals surface area (Å²) in [6, 6.07) is 7.58. The summed E-state index contributed by atoms with van der Waals surface area (Å²) < 4.78 is 22.7. The Morgan fingerprint density at radius 1 is 1.32 bits per heavy atom. The molecule has 19 heavy (non-hydrogen) atoms. The molecule has 5 nitrogen and oxygen atoms in total. The van der Waals surface area contributed by atoms with Crippen molar-refractivity contribution in [2.75, 3.05) is 6.26 Å². The fourth-order valence-electron chi connectivity index (χ4n) is 1.65. The van der Waals surface area contributed by atoms with Gasteiger partial charge in [-0.2, -0.15) is 0 Å². The molecule has 0 aromatic heterocycles. The van der Waals surface area contributed by atoms with Gasteiger partial charge in [0.05, 0.1) is 12.3 Å². The highest BCUT2D eigenvalue weighted by atomic mass is 32.2. The van der Waals surface area contributed by atoms with E-state index < -0.39 is 9.84 Å². The minimum Gasteiger partial charge on any atom is -0.370 e. The first kappa shape index (κ1) is 15.5. The molecule has 0 fully saturated rings. The highest BCUT2D eigenvalue weighted by Gasteiger charge is 2.08. The third-order valence-corrected chi connectivity index (χ3v) is 3.23. The van der Waals surface area contributed by atoms with Crippen molar-refractivity contribution in [1.82, 2.24) is 5.32 Å². The zero-order valence-corrected chi connectivity index (χ0v) is 12.4. The summed E-state index contributed by atoms with van der Waals surface area (Å²) in [6.07, 6.45) is 1.22. The van der Waals surface area contributed by atoms with Crippen molar-refractivity contribution in [3.8, 4) is 0 Å². The van der Waals surface area contributed by atoms with Gasteiger partial charge in [0.15, 0.2) is 15.8 Å². The minimum atomic E-state index is -3.05. The normalized spacial score (nSPS) is 12.7. The maximum atomic E-state index is 11.4. The van der Waals surface area contributed by atoms with E-state index in [1.165, 1.54) is 6.26 Å². The van der Waals surface area contributed by atoms with Crippen LogP contribution in [0.5, 0.6) is 0 Å². The molecule has 0 radical (unpaired) electrons. The maximum Gasteiger partial charge on any atom is 0.189 e. The van der Waals surface area contributed by atoms with Gasteiger partial charge in [-0.05, 0) is 25.0 Å². The zero-order valence-electron chi connectivity index (χ0n) is 11.6. The van der Waals surface area contributed by atoms with Crippen molar-refractivity contribution in [3.63, 3.8) is 0 Å². The Balaban J connectivity index is 2.84. The van der Waals surface area contributed by atoms with Crippen LogP contribution < -0.4 is 11.1 Å². The quantitative estimate of drug-likeness (QED) is 0.625. The minimum absolute atomic E-state index is 0.0240. The summed E-state index contributed by atoms with van der Waals surface area (Å²) >= 11 is 0. The Labute approximate surface area is 114 Å². The lowest BCUT2D eigenvalue weighted by Crippen LogP contribution is -2.36. The molecule has 0 aliphatic carbocycles. The summed E-state index contributed by atoms with van der Waals surface area (Å²) in [5.41, 5.74) is 7.37. The molecule has 0 heterocycles. The van der Waals surface area contributed by atoms with Crippen LogP contribution in [0.4, 0.5) is 0 Å². The number of nitrogens with one attached hydrogen (secondary N) is 1. The number of nitrogens with two attached hydrogens (primary N) is 1. The molecule has 106 valence electrons. The van der Waals surface area contributed by atoms with Crippen LogP contribution >= 0.6 is 0 Å². The van der Waals surface area contributed by atoms with Gasteiger partial charge in [0.25, 0.3) is 0 Å². The smallest absolute Gasteiger partial charge is 0.189 e. The van der Waals surface area contributed by atoms with E-state index in [2.05, 4.69) is 10.3 Å². The van der Waals surface area contributed by atoms with Crippen LogP contribution in [-0.4, -0.2) is 26.7 Å². The number of hydrogen-bond donors (Lipinski definition) is 2. The van der Waals surface area contributed by atoms with Crippen LogP contribution in [-0.2, 0) is 22.1 Å². The van der Waals surface area contributed by atoms with Gasteiger partial charge in [0.2, 0.25) is 0 Å². The number of benzene rings is 1. The molecule has 1 rings (SSSR count). The van der Waals surface area contributed by atoms with Gasteiger partial charge in [-0.25, -0.2) is 13.4 Å². The van der Waals surface area contributed by atoms with E-state index in [-0.39, 0.29) is 11.8 Å². The molecule has 0 aliphatic rings. The second-order valence-corrected chi connectivity index (χ2v) is 6.98. The van der Waals surface area contributed by atoms with E-state index in [0.717, 1.165) is 11.1 Å². The van der Waals surface area contributed by atoms with E-state index in [1.807, 2.05) is 32.0 Å². The van der Waals surface area contributed by atoms with Crippen molar-refractivity contribution in [2.45, 2.75) is 32.2 Å². The summed E-state index contributed by atoms with van der Waals surface area (Å²) in [5, 5.41) is 2.99. The molecule has 0 saturated carbocycles. The summed E-state index contributed by atoms with van der Waals surface area (Å²) in [4.78, 5) is 4.21. The first-order chi connectivity index (χ1) is 8.78. The molecule has 1 aromatic carbocycles. The Bertz CT molecular complexity index is 551. The van der Waals surface area contributed by atoms with E-state index in [1.54, 1.807) is 6.07 Å². The molecule has 0 saturated heterocycles. The first-order valence-corrected chi connectivity index (χ1v) is 8.15. The third kappa shape index (κ3) is 6.24. The Kier molecular flexibility index (Phi) is 5.35. The van der Waals surface area contributed by atoms with Crippen molar-refractivity contribution in [3.05, 3.63) is 35.4 Å². The highest BCUT2D eigenvalue weighted by molar-refractivity contribution is 7.89. The molecule has 0 unspecified atom stereocenters.